The predicted molar refractivity (Wildman–Crippen MR) is 111 cm³/mol. The van der Waals surface area contributed by atoms with Gasteiger partial charge in [-0.3, -0.25) is 4.79 Å². The molecular formula is C21H28N2O4S. The van der Waals surface area contributed by atoms with Crippen molar-refractivity contribution in [1.29, 1.82) is 0 Å². The fraction of sp³-hybridized carbons (Fsp3) is 0.381. The Kier molecular flexibility index (Phi) is 6.85. The van der Waals surface area contributed by atoms with Gasteiger partial charge in [-0.2, -0.15) is 4.72 Å². The zero-order chi connectivity index (χ0) is 21.1. The molecule has 1 unspecified atom stereocenters. The van der Waals surface area contributed by atoms with Crippen molar-refractivity contribution in [2.24, 2.45) is 0 Å². The molecule has 28 heavy (non-hydrogen) atoms. The van der Waals surface area contributed by atoms with E-state index in [-0.39, 0.29) is 16.6 Å². The Hall–Kier alpha value is -2.38. The fourth-order valence-electron chi connectivity index (χ4n) is 2.68. The van der Waals surface area contributed by atoms with E-state index in [1.807, 2.05) is 45.9 Å². The number of carbonyl (C=O) groups is 1. The molecule has 0 bridgehead atoms. The highest BCUT2D eigenvalue weighted by molar-refractivity contribution is 7.89. The van der Waals surface area contributed by atoms with Crippen molar-refractivity contribution in [3.63, 3.8) is 0 Å². The monoisotopic (exact) mass is 404 g/mol. The molecule has 0 saturated heterocycles. The van der Waals surface area contributed by atoms with E-state index in [1.54, 1.807) is 18.2 Å². The Bertz CT molecular complexity index is 968. The third-order valence-corrected chi connectivity index (χ3v) is 6.21. The number of aryl methyl sites for hydroxylation is 2. The van der Waals surface area contributed by atoms with Crippen LogP contribution in [-0.4, -0.2) is 27.5 Å². The van der Waals surface area contributed by atoms with Crippen molar-refractivity contribution in [3.05, 3.63) is 53.1 Å². The van der Waals surface area contributed by atoms with Crippen LogP contribution in [0, 0.1) is 13.8 Å². The molecule has 7 heteroatoms. The summed E-state index contributed by atoms with van der Waals surface area (Å²) in [5, 5.41) is 2.74. The van der Waals surface area contributed by atoms with Crippen molar-refractivity contribution in [2.45, 2.75) is 51.5 Å². The van der Waals surface area contributed by atoms with E-state index in [4.69, 9.17) is 4.74 Å². The zero-order valence-corrected chi connectivity index (χ0v) is 18.0. The summed E-state index contributed by atoms with van der Waals surface area (Å²) >= 11 is 0. The Morgan fingerprint density at radius 1 is 1.00 bits per heavy atom. The summed E-state index contributed by atoms with van der Waals surface area (Å²) in [4.78, 5) is 12.5. The third kappa shape index (κ3) is 5.11. The number of methoxy groups -OCH3 is 1. The number of carbonyl (C=O) groups excluding carboxylic acids is 1. The summed E-state index contributed by atoms with van der Waals surface area (Å²) in [6.07, 6.45) is 0. The summed E-state index contributed by atoms with van der Waals surface area (Å²) in [6, 6.07) is 9.63. The number of amides is 1. The molecule has 1 atom stereocenters. The van der Waals surface area contributed by atoms with Crippen LogP contribution in [0.5, 0.6) is 5.75 Å². The van der Waals surface area contributed by atoms with Crippen LogP contribution in [0.25, 0.3) is 0 Å². The van der Waals surface area contributed by atoms with Crippen LogP contribution in [0.15, 0.2) is 41.3 Å². The third-order valence-electron chi connectivity index (χ3n) is 4.64. The predicted octanol–water partition coefficient (Wildman–Crippen LogP) is 3.74. The maximum Gasteiger partial charge on any atom is 0.244 e. The Labute approximate surface area is 167 Å². The van der Waals surface area contributed by atoms with Crippen LogP contribution in [0.3, 0.4) is 0 Å². The van der Waals surface area contributed by atoms with Crippen molar-refractivity contribution >= 4 is 21.6 Å². The minimum Gasteiger partial charge on any atom is -0.495 e. The largest absolute Gasteiger partial charge is 0.495 e. The van der Waals surface area contributed by atoms with Gasteiger partial charge in [0.15, 0.2) is 0 Å². The normalized spacial score (nSPS) is 12.7. The molecule has 0 aromatic heterocycles. The topological polar surface area (TPSA) is 84.5 Å². The minimum absolute atomic E-state index is 0.0204. The van der Waals surface area contributed by atoms with Gasteiger partial charge in [-0.15, -0.1) is 0 Å². The quantitative estimate of drug-likeness (QED) is 0.736. The molecule has 1 amide bonds. The molecular weight excluding hydrogens is 376 g/mol. The lowest BCUT2D eigenvalue weighted by molar-refractivity contribution is -0.117. The molecule has 0 aliphatic carbocycles. The van der Waals surface area contributed by atoms with Gasteiger partial charge in [0.05, 0.1) is 13.2 Å². The first-order valence-electron chi connectivity index (χ1n) is 9.13. The number of anilines is 1. The first-order valence-corrected chi connectivity index (χ1v) is 10.6. The van der Waals surface area contributed by atoms with Gasteiger partial charge >= 0.3 is 0 Å². The maximum atomic E-state index is 12.9. The van der Waals surface area contributed by atoms with E-state index in [0.29, 0.717) is 5.69 Å². The van der Waals surface area contributed by atoms with E-state index < -0.39 is 22.0 Å². The average molecular weight is 405 g/mol. The number of benzene rings is 2. The molecule has 0 fully saturated rings. The van der Waals surface area contributed by atoms with Crippen LogP contribution in [0.2, 0.25) is 0 Å². The smallest absolute Gasteiger partial charge is 0.244 e. The van der Waals surface area contributed by atoms with Crippen LogP contribution in [0.4, 0.5) is 5.69 Å². The van der Waals surface area contributed by atoms with Gasteiger partial charge < -0.3 is 10.1 Å². The second-order valence-corrected chi connectivity index (χ2v) is 8.88. The number of sulfonamides is 1. The van der Waals surface area contributed by atoms with Crippen molar-refractivity contribution in [1.82, 2.24) is 4.72 Å². The van der Waals surface area contributed by atoms with Crippen molar-refractivity contribution < 1.29 is 17.9 Å². The lowest BCUT2D eigenvalue weighted by Gasteiger charge is -2.17. The summed E-state index contributed by atoms with van der Waals surface area (Å²) in [5.41, 5.74) is 3.65. The van der Waals surface area contributed by atoms with Gasteiger partial charge in [0.2, 0.25) is 15.9 Å². The summed E-state index contributed by atoms with van der Waals surface area (Å²) < 4.78 is 33.4. The lowest BCUT2D eigenvalue weighted by atomic mass is 10.0. The first-order chi connectivity index (χ1) is 13.0. The fourth-order valence-corrected chi connectivity index (χ4v) is 4.09. The van der Waals surface area contributed by atoms with Crippen LogP contribution >= 0.6 is 0 Å². The second kappa shape index (κ2) is 8.75. The standard InChI is InChI=1S/C21H28N2O4S/c1-13(2)17-8-10-19(27-6)20(12-17)28(25,26)23-16(5)21(24)22-18-9-7-14(3)15(4)11-18/h7-13,16,23H,1-6H3,(H,22,24). The molecule has 6 nitrogen and oxygen atoms in total. The highest BCUT2D eigenvalue weighted by Gasteiger charge is 2.26. The summed E-state index contributed by atoms with van der Waals surface area (Å²) in [7, 11) is -2.53. The molecule has 0 aliphatic heterocycles. The Morgan fingerprint density at radius 2 is 1.68 bits per heavy atom. The molecule has 2 N–H and O–H groups in total. The van der Waals surface area contributed by atoms with E-state index in [1.165, 1.54) is 14.0 Å². The minimum atomic E-state index is -3.95. The van der Waals surface area contributed by atoms with E-state index in [9.17, 15) is 13.2 Å². The number of rotatable bonds is 7. The molecule has 2 aromatic carbocycles. The highest BCUT2D eigenvalue weighted by Crippen LogP contribution is 2.28. The van der Waals surface area contributed by atoms with Gasteiger partial charge in [-0.1, -0.05) is 26.0 Å². The van der Waals surface area contributed by atoms with Gasteiger partial charge in [0.1, 0.15) is 10.6 Å². The van der Waals surface area contributed by atoms with Crippen LogP contribution in [-0.2, 0) is 14.8 Å². The number of hydrogen-bond donors (Lipinski definition) is 2. The maximum absolute atomic E-state index is 12.9. The number of ether oxygens (including phenoxy) is 1. The van der Waals surface area contributed by atoms with Gasteiger partial charge in [-0.05, 0) is 67.6 Å². The molecule has 0 saturated carbocycles. The first kappa shape index (κ1) is 21.9. The summed E-state index contributed by atoms with van der Waals surface area (Å²) in [5.74, 6) is -0.0465. The highest BCUT2D eigenvalue weighted by atomic mass is 32.2. The number of nitrogens with one attached hydrogen (secondary N) is 2. The van der Waals surface area contributed by atoms with Crippen molar-refractivity contribution in [2.75, 3.05) is 12.4 Å². The lowest BCUT2D eigenvalue weighted by Crippen LogP contribution is -2.41. The second-order valence-electron chi connectivity index (χ2n) is 7.20. The molecule has 0 radical (unpaired) electrons. The van der Waals surface area contributed by atoms with E-state index in [0.717, 1.165) is 16.7 Å². The van der Waals surface area contributed by atoms with Gasteiger partial charge in [-0.25, -0.2) is 8.42 Å². The Balaban J connectivity index is 2.21. The molecule has 0 spiro atoms. The van der Waals surface area contributed by atoms with Gasteiger partial charge in [0, 0.05) is 5.69 Å². The van der Waals surface area contributed by atoms with E-state index in [2.05, 4.69) is 10.0 Å². The van der Waals surface area contributed by atoms with Crippen LogP contribution in [0.1, 0.15) is 43.4 Å². The molecule has 0 aliphatic rings. The molecule has 2 rings (SSSR count). The Morgan fingerprint density at radius 3 is 2.25 bits per heavy atom. The molecule has 2 aromatic rings. The molecule has 0 heterocycles. The average Bonchev–Trinajstić information content (AvgIpc) is 2.63. The van der Waals surface area contributed by atoms with E-state index >= 15 is 0 Å². The van der Waals surface area contributed by atoms with Crippen LogP contribution < -0.4 is 14.8 Å². The summed E-state index contributed by atoms with van der Waals surface area (Å²) in [6.45, 7) is 9.39. The van der Waals surface area contributed by atoms with Gasteiger partial charge in [0.25, 0.3) is 0 Å². The zero-order valence-electron chi connectivity index (χ0n) is 17.2. The molecule has 152 valence electrons. The van der Waals surface area contributed by atoms with Crippen molar-refractivity contribution in [3.8, 4) is 5.75 Å². The SMILES string of the molecule is COc1ccc(C(C)C)cc1S(=O)(=O)NC(C)C(=O)Nc1ccc(C)c(C)c1. The number of hydrogen-bond acceptors (Lipinski definition) is 4.